The van der Waals surface area contributed by atoms with Gasteiger partial charge in [0.05, 0.1) is 33.0 Å². The Bertz CT molecular complexity index is 1620. The lowest BCUT2D eigenvalue weighted by molar-refractivity contribution is -0.414. The molecule has 2 saturated heterocycles. The lowest BCUT2D eigenvalue weighted by Crippen LogP contribution is -2.81. The first kappa shape index (κ1) is 40.0. The van der Waals surface area contributed by atoms with Gasteiger partial charge >= 0.3 is 0 Å². The second-order valence-electron chi connectivity index (χ2n) is 16.2. The van der Waals surface area contributed by atoms with Gasteiger partial charge in [-0.3, -0.25) is 0 Å². The monoisotopic (exact) mass is 752 g/mol. The molecule has 3 aliphatic rings. The Balaban J connectivity index is 1.41. The molecule has 3 unspecified atom stereocenters. The fourth-order valence-electron chi connectivity index (χ4n) is 7.25. The van der Waals surface area contributed by atoms with E-state index in [9.17, 15) is 15.3 Å². The summed E-state index contributed by atoms with van der Waals surface area (Å²) in [4.78, 5) is 0. The first-order valence-electron chi connectivity index (χ1n) is 18.4. The van der Waals surface area contributed by atoms with E-state index in [4.69, 9.17) is 37.6 Å². The first-order valence-corrected chi connectivity index (χ1v) is 21.3. The Labute approximate surface area is 314 Å². The SMILES string of the molecule is COc1ccc(CO[C@@H]2[C@H](OC(O[Si](C)(C)C(C)(C)C)[C@@H]3OC(C)(C)O[C@@H]3CO)O[C@@H]3C(O)C(c4ccccc4)[C@]3(O)[C@@H]2OCc2ccccc2)cc1. The van der Waals surface area contributed by atoms with Gasteiger partial charge < -0.3 is 52.9 Å². The van der Waals surface area contributed by atoms with Crippen molar-refractivity contribution in [1.29, 1.82) is 0 Å². The van der Waals surface area contributed by atoms with Crippen LogP contribution in [0.5, 0.6) is 5.75 Å². The second kappa shape index (κ2) is 15.8. The summed E-state index contributed by atoms with van der Waals surface area (Å²) in [6, 6.07) is 26.6. The molecule has 0 amide bonds. The molecule has 0 bridgehead atoms. The molecule has 2 heterocycles. The number of hydrogen-bond donors (Lipinski definition) is 3. The summed E-state index contributed by atoms with van der Waals surface area (Å²) in [6.07, 6.45) is -8.18. The Morgan fingerprint density at radius 2 is 1.45 bits per heavy atom. The van der Waals surface area contributed by atoms with Gasteiger partial charge in [0.2, 0.25) is 0 Å². The fraction of sp³-hybridized carbons (Fsp3) is 0.561. The molecular formula is C41H56O11Si. The average molecular weight is 753 g/mol. The fourth-order valence-corrected chi connectivity index (χ4v) is 8.37. The molecule has 1 aliphatic carbocycles. The van der Waals surface area contributed by atoms with Crippen molar-refractivity contribution < 1.29 is 52.9 Å². The number of methoxy groups -OCH3 is 1. The molecule has 11 nitrogen and oxygen atoms in total. The standard InChI is InChI=1S/C41H56O11Si/c1-39(2,3)53(7,8)52-38(33-30(23-42)50-40(4,5)51-33)49-37-34(46-24-27-19-21-29(45-6)22-20-27)36(47-25-26-15-11-9-12-16-26)41(44)31(32(43)35(41)48-37)28-17-13-10-14-18-28/h9-22,30-38,42-44H,23-25H2,1-8H3/t30-,31?,32?,33-,34+,35-,36-,37+,38?,41-/m1/s1. The van der Waals surface area contributed by atoms with Crippen molar-refractivity contribution in [1.82, 2.24) is 0 Å². The Kier molecular flexibility index (Phi) is 11.9. The van der Waals surface area contributed by atoms with Crippen LogP contribution in [0.4, 0.5) is 0 Å². The third kappa shape index (κ3) is 8.29. The summed E-state index contributed by atoms with van der Waals surface area (Å²) >= 11 is 0. The third-order valence-corrected chi connectivity index (χ3v) is 15.5. The van der Waals surface area contributed by atoms with E-state index in [1.807, 2.05) is 84.9 Å². The van der Waals surface area contributed by atoms with E-state index in [1.165, 1.54) is 0 Å². The molecule has 290 valence electrons. The molecule has 3 aromatic rings. The molecule has 0 spiro atoms. The maximum atomic E-state index is 12.8. The van der Waals surface area contributed by atoms with Gasteiger partial charge in [-0.05, 0) is 60.8 Å². The Hall–Kier alpha value is -2.72. The molecule has 0 radical (unpaired) electrons. The van der Waals surface area contributed by atoms with Crippen LogP contribution >= 0.6 is 0 Å². The summed E-state index contributed by atoms with van der Waals surface area (Å²) in [5.41, 5.74) is 0.772. The van der Waals surface area contributed by atoms with Gasteiger partial charge in [0, 0.05) is 5.92 Å². The van der Waals surface area contributed by atoms with E-state index in [0.717, 1.165) is 16.7 Å². The molecule has 2 aliphatic heterocycles. The van der Waals surface area contributed by atoms with Crippen molar-refractivity contribution in [3.63, 3.8) is 0 Å². The van der Waals surface area contributed by atoms with Crippen molar-refractivity contribution in [3.05, 3.63) is 102 Å². The van der Waals surface area contributed by atoms with Gasteiger partial charge in [-0.1, -0.05) is 93.6 Å². The largest absolute Gasteiger partial charge is 0.497 e. The molecule has 53 heavy (non-hydrogen) atoms. The molecule has 3 N–H and O–H groups in total. The van der Waals surface area contributed by atoms with Gasteiger partial charge in [-0.25, -0.2) is 0 Å². The highest BCUT2D eigenvalue weighted by molar-refractivity contribution is 6.74. The van der Waals surface area contributed by atoms with Crippen LogP contribution in [0, 0.1) is 0 Å². The molecule has 6 rings (SSSR count). The van der Waals surface area contributed by atoms with Crippen LogP contribution in [0.3, 0.4) is 0 Å². The Morgan fingerprint density at radius 3 is 2.06 bits per heavy atom. The number of fused-ring (bicyclic) bond motifs is 1. The lowest BCUT2D eigenvalue weighted by Gasteiger charge is -2.63. The van der Waals surface area contributed by atoms with Gasteiger partial charge in [0.25, 0.3) is 0 Å². The molecular weight excluding hydrogens is 697 g/mol. The zero-order valence-electron chi connectivity index (χ0n) is 32.0. The van der Waals surface area contributed by atoms with Gasteiger partial charge in [-0.2, -0.15) is 0 Å². The molecule has 3 fully saturated rings. The predicted octanol–water partition coefficient (Wildman–Crippen LogP) is 5.66. The van der Waals surface area contributed by atoms with E-state index < -0.39 is 74.8 Å². The molecule has 1 saturated carbocycles. The van der Waals surface area contributed by atoms with Gasteiger partial charge in [0.1, 0.15) is 41.9 Å². The van der Waals surface area contributed by atoms with Gasteiger partial charge in [-0.15, -0.1) is 0 Å². The molecule has 3 aromatic carbocycles. The molecule has 12 heteroatoms. The van der Waals surface area contributed by atoms with E-state index in [1.54, 1.807) is 21.0 Å². The van der Waals surface area contributed by atoms with Crippen molar-refractivity contribution >= 4 is 8.32 Å². The zero-order chi connectivity index (χ0) is 38.2. The van der Waals surface area contributed by atoms with Crippen LogP contribution in [-0.2, 0) is 46.1 Å². The quantitative estimate of drug-likeness (QED) is 0.139. The number of benzene rings is 3. The molecule has 0 aromatic heterocycles. The average Bonchev–Trinajstić information content (AvgIpc) is 3.45. The highest BCUT2D eigenvalue weighted by Crippen LogP contribution is 2.55. The smallest absolute Gasteiger partial charge is 0.195 e. The minimum absolute atomic E-state index is 0.117. The summed E-state index contributed by atoms with van der Waals surface area (Å²) in [5, 5.41) is 34.8. The van der Waals surface area contributed by atoms with Crippen molar-refractivity contribution in [2.24, 2.45) is 0 Å². The van der Waals surface area contributed by atoms with Crippen LogP contribution in [0.2, 0.25) is 18.1 Å². The van der Waals surface area contributed by atoms with E-state index in [2.05, 4.69) is 33.9 Å². The van der Waals surface area contributed by atoms with E-state index in [0.29, 0.717) is 5.75 Å². The minimum Gasteiger partial charge on any atom is -0.497 e. The zero-order valence-corrected chi connectivity index (χ0v) is 33.0. The normalized spacial score (nSPS) is 31.8. The van der Waals surface area contributed by atoms with Crippen LogP contribution in [0.15, 0.2) is 84.9 Å². The number of aliphatic hydroxyl groups is 3. The number of rotatable bonds is 14. The maximum absolute atomic E-state index is 12.8. The first-order chi connectivity index (χ1) is 25.1. The van der Waals surface area contributed by atoms with Crippen LogP contribution in [-0.4, -0.2) is 97.9 Å². The van der Waals surface area contributed by atoms with Crippen molar-refractivity contribution in [2.45, 2.75) is 132 Å². The topological polar surface area (TPSA) is 135 Å². The van der Waals surface area contributed by atoms with E-state index in [-0.39, 0.29) is 24.9 Å². The second-order valence-corrected chi connectivity index (χ2v) is 21.0. The Morgan fingerprint density at radius 1 is 0.849 bits per heavy atom. The number of ether oxygens (including phenoxy) is 7. The highest BCUT2D eigenvalue weighted by atomic mass is 28.4. The number of aliphatic hydroxyl groups excluding tert-OH is 2. The van der Waals surface area contributed by atoms with Gasteiger partial charge in [0.15, 0.2) is 26.7 Å². The molecule has 10 atom stereocenters. The summed E-state index contributed by atoms with van der Waals surface area (Å²) in [5.74, 6) is -1.06. The highest BCUT2D eigenvalue weighted by Gasteiger charge is 2.72. The lowest BCUT2D eigenvalue weighted by atomic mass is 9.57. The third-order valence-electron chi connectivity index (χ3n) is 11.1. The maximum Gasteiger partial charge on any atom is 0.195 e. The predicted molar refractivity (Wildman–Crippen MR) is 199 cm³/mol. The van der Waals surface area contributed by atoms with Crippen LogP contribution in [0.25, 0.3) is 0 Å². The number of hydrogen-bond acceptors (Lipinski definition) is 11. The summed E-state index contributed by atoms with van der Waals surface area (Å²) in [6.45, 7) is 14.0. The minimum atomic E-state index is -2.57. The van der Waals surface area contributed by atoms with Crippen molar-refractivity contribution in [2.75, 3.05) is 13.7 Å². The van der Waals surface area contributed by atoms with Crippen LogP contribution < -0.4 is 4.74 Å². The van der Waals surface area contributed by atoms with Crippen molar-refractivity contribution in [3.8, 4) is 5.75 Å². The van der Waals surface area contributed by atoms with Crippen LogP contribution in [0.1, 0.15) is 57.2 Å². The summed E-state index contributed by atoms with van der Waals surface area (Å²) in [7, 11) is -0.958. The van der Waals surface area contributed by atoms with E-state index >= 15 is 0 Å². The summed E-state index contributed by atoms with van der Waals surface area (Å²) < 4.78 is 51.7.